The van der Waals surface area contributed by atoms with Crippen molar-refractivity contribution < 1.29 is 18.7 Å². The number of carbonyl (C=O) groups is 1. The molecule has 6 nitrogen and oxygen atoms in total. The molecule has 2 heterocycles. The summed E-state index contributed by atoms with van der Waals surface area (Å²) in [7, 11) is 1.55. The first kappa shape index (κ1) is 19.8. The molecule has 0 saturated carbocycles. The molecule has 0 atom stereocenters. The highest BCUT2D eigenvalue weighted by molar-refractivity contribution is 7.20. The fourth-order valence-corrected chi connectivity index (χ4v) is 4.11. The van der Waals surface area contributed by atoms with Gasteiger partial charge in [0.25, 0.3) is 5.56 Å². The van der Waals surface area contributed by atoms with Gasteiger partial charge in [-0.25, -0.2) is 14.2 Å². The van der Waals surface area contributed by atoms with E-state index in [1.54, 1.807) is 50.4 Å². The number of halogens is 1. The van der Waals surface area contributed by atoms with Crippen LogP contribution in [-0.4, -0.2) is 22.6 Å². The maximum atomic E-state index is 13.4. The molecule has 4 aromatic rings. The Kier molecular flexibility index (Phi) is 5.33. The van der Waals surface area contributed by atoms with Crippen molar-refractivity contribution in [2.45, 2.75) is 13.5 Å². The van der Waals surface area contributed by atoms with Gasteiger partial charge in [0.05, 0.1) is 25.4 Å². The van der Waals surface area contributed by atoms with Crippen LogP contribution in [0.15, 0.2) is 59.7 Å². The highest BCUT2D eigenvalue weighted by Crippen LogP contribution is 2.28. The Morgan fingerprint density at radius 1 is 1.17 bits per heavy atom. The number of nitrogens with zero attached hydrogens (tertiary/aromatic N) is 2. The van der Waals surface area contributed by atoms with Gasteiger partial charge in [0, 0.05) is 0 Å². The highest BCUT2D eigenvalue weighted by atomic mass is 32.1. The summed E-state index contributed by atoms with van der Waals surface area (Å²) in [6.45, 7) is 1.87. The minimum absolute atomic E-state index is 0.181. The van der Waals surface area contributed by atoms with Crippen LogP contribution in [-0.2, 0) is 6.54 Å². The van der Waals surface area contributed by atoms with Crippen LogP contribution in [0, 0.1) is 12.7 Å². The van der Waals surface area contributed by atoms with Gasteiger partial charge in [0.2, 0.25) is 0 Å². The zero-order chi connectivity index (χ0) is 21.3. The summed E-state index contributed by atoms with van der Waals surface area (Å²) in [5.74, 6) is 0.0895. The fourth-order valence-electron chi connectivity index (χ4n) is 3.10. The number of benzene rings is 2. The molecule has 0 N–H and O–H groups in total. The lowest BCUT2D eigenvalue weighted by atomic mass is 10.2. The molecular formula is C22H17FN2O4S. The first-order valence-electron chi connectivity index (χ1n) is 9.05. The third-order valence-electron chi connectivity index (χ3n) is 4.61. The van der Waals surface area contributed by atoms with Crippen LogP contribution in [0.3, 0.4) is 0 Å². The molecule has 0 aliphatic carbocycles. The molecule has 0 aliphatic rings. The number of hydrogen-bond acceptors (Lipinski definition) is 6. The summed E-state index contributed by atoms with van der Waals surface area (Å²) in [6.07, 6.45) is 1.41. The van der Waals surface area contributed by atoms with Crippen LogP contribution in [0.5, 0.6) is 11.5 Å². The summed E-state index contributed by atoms with van der Waals surface area (Å²) >= 11 is 1.11. The summed E-state index contributed by atoms with van der Waals surface area (Å²) in [5.41, 5.74) is 0.867. The summed E-state index contributed by atoms with van der Waals surface area (Å²) in [4.78, 5) is 30.7. The van der Waals surface area contributed by atoms with E-state index in [-0.39, 0.29) is 17.9 Å². The largest absolute Gasteiger partial charge is 0.497 e. The quantitative estimate of drug-likeness (QED) is 0.355. The van der Waals surface area contributed by atoms with E-state index >= 15 is 0 Å². The van der Waals surface area contributed by atoms with E-state index in [2.05, 4.69) is 4.98 Å². The molecule has 0 amide bonds. The highest BCUT2D eigenvalue weighted by Gasteiger charge is 2.21. The van der Waals surface area contributed by atoms with E-state index in [9.17, 15) is 14.0 Å². The van der Waals surface area contributed by atoms with Gasteiger partial charge in [-0.2, -0.15) is 0 Å². The van der Waals surface area contributed by atoms with Crippen LogP contribution >= 0.6 is 11.3 Å². The lowest BCUT2D eigenvalue weighted by Gasteiger charge is -2.06. The maximum absolute atomic E-state index is 13.4. The average molecular weight is 424 g/mol. The Labute approximate surface area is 175 Å². The Balaban J connectivity index is 1.65. The first-order valence-corrected chi connectivity index (χ1v) is 9.87. The van der Waals surface area contributed by atoms with Crippen molar-refractivity contribution in [1.82, 2.24) is 9.55 Å². The predicted molar refractivity (Wildman–Crippen MR) is 112 cm³/mol. The third kappa shape index (κ3) is 3.81. The zero-order valence-corrected chi connectivity index (χ0v) is 17.0. The lowest BCUT2D eigenvalue weighted by Crippen LogP contribution is -2.21. The number of fused-ring (bicyclic) bond motifs is 1. The Morgan fingerprint density at radius 2 is 1.90 bits per heavy atom. The maximum Gasteiger partial charge on any atom is 0.354 e. The van der Waals surface area contributed by atoms with Crippen molar-refractivity contribution in [2.75, 3.05) is 7.11 Å². The molecular weight excluding hydrogens is 407 g/mol. The molecule has 8 heteroatoms. The van der Waals surface area contributed by atoms with Crippen molar-refractivity contribution >= 4 is 27.5 Å². The van der Waals surface area contributed by atoms with Crippen molar-refractivity contribution in [3.8, 4) is 11.5 Å². The molecule has 0 saturated heterocycles. The average Bonchev–Trinajstić information content (AvgIpc) is 3.08. The van der Waals surface area contributed by atoms with E-state index in [0.29, 0.717) is 37.7 Å². The number of aryl methyl sites for hydroxylation is 1. The molecule has 30 heavy (non-hydrogen) atoms. The number of ether oxygens (including phenoxy) is 2. The number of hydrogen-bond donors (Lipinski definition) is 0. The molecule has 0 unspecified atom stereocenters. The Hall–Kier alpha value is -3.52. The van der Waals surface area contributed by atoms with Gasteiger partial charge in [0.1, 0.15) is 27.0 Å². The van der Waals surface area contributed by atoms with Crippen molar-refractivity contribution in [1.29, 1.82) is 0 Å². The van der Waals surface area contributed by atoms with Gasteiger partial charge in [-0.1, -0.05) is 12.1 Å². The second-order valence-corrected chi connectivity index (χ2v) is 7.61. The van der Waals surface area contributed by atoms with E-state index < -0.39 is 5.97 Å². The summed E-state index contributed by atoms with van der Waals surface area (Å²) < 4.78 is 25.4. The van der Waals surface area contributed by atoms with Gasteiger partial charge in [-0.3, -0.25) is 9.36 Å². The molecule has 0 aliphatic heterocycles. The lowest BCUT2D eigenvalue weighted by molar-refractivity contribution is 0.0739. The minimum Gasteiger partial charge on any atom is -0.497 e. The zero-order valence-electron chi connectivity index (χ0n) is 16.2. The SMILES string of the molecule is COc1ccc(OC(=O)c2sc3ncn(Cc4cccc(F)c4)c(=O)c3c2C)cc1. The van der Waals surface area contributed by atoms with Crippen molar-refractivity contribution in [2.24, 2.45) is 0 Å². The predicted octanol–water partition coefficient (Wildman–Crippen LogP) is 4.18. The Bertz CT molecular complexity index is 1290. The van der Waals surface area contributed by atoms with Crippen LogP contribution < -0.4 is 15.0 Å². The van der Waals surface area contributed by atoms with Crippen LogP contribution in [0.2, 0.25) is 0 Å². The molecule has 2 aromatic carbocycles. The van der Waals surface area contributed by atoms with Crippen LogP contribution in [0.1, 0.15) is 20.8 Å². The van der Waals surface area contributed by atoms with E-state index in [4.69, 9.17) is 9.47 Å². The van der Waals surface area contributed by atoms with Gasteiger partial charge >= 0.3 is 5.97 Å². The second kappa shape index (κ2) is 8.08. The summed E-state index contributed by atoms with van der Waals surface area (Å²) in [5, 5.41) is 0.362. The molecule has 4 rings (SSSR count). The fraction of sp³-hybridized carbons (Fsp3) is 0.136. The van der Waals surface area contributed by atoms with Crippen LogP contribution in [0.25, 0.3) is 10.2 Å². The van der Waals surface area contributed by atoms with Crippen molar-refractivity contribution in [3.05, 3.63) is 87.0 Å². The standard InChI is InChI=1S/C22H17FN2O4S/c1-13-18-20(24-12-25(21(18)26)11-14-4-3-5-15(23)10-14)30-19(13)22(27)29-17-8-6-16(28-2)7-9-17/h3-10,12H,11H2,1-2H3. The first-order chi connectivity index (χ1) is 14.5. The molecule has 0 radical (unpaired) electrons. The minimum atomic E-state index is -0.559. The van der Waals surface area contributed by atoms with E-state index in [0.717, 1.165) is 11.3 Å². The molecule has 0 bridgehead atoms. The van der Waals surface area contributed by atoms with Gasteiger partial charge < -0.3 is 9.47 Å². The second-order valence-electron chi connectivity index (χ2n) is 6.61. The smallest absolute Gasteiger partial charge is 0.354 e. The molecule has 0 spiro atoms. The van der Waals surface area contributed by atoms with Gasteiger partial charge in [-0.05, 0) is 54.4 Å². The van der Waals surface area contributed by atoms with Gasteiger partial charge in [0.15, 0.2) is 0 Å². The normalized spacial score (nSPS) is 10.9. The number of carbonyl (C=O) groups excluding carboxylic acids is 1. The number of methoxy groups -OCH3 is 1. The molecule has 152 valence electrons. The number of thiophene rings is 1. The Morgan fingerprint density at radius 3 is 2.60 bits per heavy atom. The monoisotopic (exact) mass is 424 g/mol. The number of aromatic nitrogens is 2. The molecule has 0 fully saturated rings. The number of esters is 1. The topological polar surface area (TPSA) is 70.4 Å². The van der Waals surface area contributed by atoms with E-state index in [1.165, 1.54) is 23.0 Å². The third-order valence-corrected chi connectivity index (χ3v) is 5.79. The molecule has 2 aromatic heterocycles. The number of rotatable bonds is 5. The van der Waals surface area contributed by atoms with E-state index in [1.807, 2.05) is 0 Å². The van der Waals surface area contributed by atoms with Gasteiger partial charge in [-0.15, -0.1) is 11.3 Å². The van der Waals surface area contributed by atoms with Crippen LogP contribution in [0.4, 0.5) is 4.39 Å². The summed E-state index contributed by atoms with van der Waals surface area (Å²) in [6, 6.07) is 12.7. The van der Waals surface area contributed by atoms with Crippen molar-refractivity contribution in [3.63, 3.8) is 0 Å².